The largest absolute Gasteiger partial charge is 0.444 e. The zero-order valence-corrected chi connectivity index (χ0v) is 25.1. The van der Waals surface area contributed by atoms with Gasteiger partial charge in [0.05, 0.1) is 6.61 Å². The standard InChI is InChI=1S/C32H37N7O4/c1-31(2,3)20-12-10-19(11-13-20)27(41)36-25-9-7-8-23(24(25)18-40)26-37-28(33)39-29(38-26)34-21-14-16-22(17-15-21)35-30(42)43-32(4,5)6/h7-17,40H,18H2,1-6H3,(H,35,42)(H,36,41)(H3,33,34,37,38,39). The van der Waals surface area contributed by atoms with Crippen LogP contribution < -0.4 is 21.7 Å². The van der Waals surface area contributed by atoms with Gasteiger partial charge in [-0.25, -0.2) is 4.79 Å². The number of nitrogens with one attached hydrogen (secondary N) is 3. The molecule has 0 aliphatic heterocycles. The lowest BCUT2D eigenvalue weighted by Gasteiger charge is -2.19. The summed E-state index contributed by atoms with van der Waals surface area (Å²) < 4.78 is 5.27. The molecule has 0 fully saturated rings. The maximum Gasteiger partial charge on any atom is 0.412 e. The zero-order valence-electron chi connectivity index (χ0n) is 25.1. The number of nitrogens with zero attached hydrogens (tertiary/aromatic N) is 3. The first kappa shape index (κ1) is 30.9. The monoisotopic (exact) mass is 583 g/mol. The average molecular weight is 584 g/mol. The van der Waals surface area contributed by atoms with Crippen LogP contribution in [0.4, 0.5) is 33.8 Å². The summed E-state index contributed by atoms with van der Waals surface area (Å²) in [5.74, 6) is 0.0444. The molecule has 0 saturated carbocycles. The second-order valence-electron chi connectivity index (χ2n) is 11.9. The Hall–Kier alpha value is -5.03. The Balaban J connectivity index is 1.53. The second kappa shape index (κ2) is 12.5. The van der Waals surface area contributed by atoms with Crippen LogP contribution in [0.15, 0.2) is 66.7 Å². The van der Waals surface area contributed by atoms with Crippen molar-refractivity contribution in [1.82, 2.24) is 15.0 Å². The van der Waals surface area contributed by atoms with Gasteiger partial charge in [0.2, 0.25) is 11.9 Å². The number of rotatable bonds is 7. The highest BCUT2D eigenvalue weighted by Gasteiger charge is 2.19. The fraction of sp³-hybridized carbons (Fsp3) is 0.281. The second-order valence-corrected chi connectivity index (χ2v) is 11.9. The number of amides is 2. The van der Waals surface area contributed by atoms with Crippen molar-refractivity contribution in [2.24, 2.45) is 0 Å². The number of anilines is 5. The van der Waals surface area contributed by atoms with Gasteiger partial charge < -0.3 is 26.2 Å². The summed E-state index contributed by atoms with van der Waals surface area (Å²) in [6.07, 6.45) is -0.556. The van der Waals surface area contributed by atoms with Crippen molar-refractivity contribution in [2.45, 2.75) is 59.2 Å². The van der Waals surface area contributed by atoms with Crippen molar-refractivity contribution in [3.8, 4) is 11.4 Å². The molecular formula is C32H37N7O4. The number of nitrogen functional groups attached to an aromatic ring is 1. The van der Waals surface area contributed by atoms with E-state index in [-0.39, 0.29) is 35.7 Å². The summed E-state index contributed by atoms with van der Waals surface area (Å²) >= 11 is 0. The summed E-state index contributed by atoms with van der Waals surface area (Å²) in [6.45, 7) is 11.3. The van der Waals surface area contributed by atoms with Crippen molar-refractivity contribution >= 4 is 41.0 Å². The molecule has 0 aliphatic carbocycles. The lowest BCUT2D eigenvalue weighted by molar-refractivity contribution is 0.0635. The Bertz CT molecular complexity index is 1610. The normalized spacial score (nSPS) is 11.5. The predicted octanol–water partition coefficient (Wildman–Crippen LogP) is 6.25. The fourth-order valence-corrected chi connectivity index (χ4v) is 4.16. The molecule has 4 aromatic rings. The highest BCUT2D eigenvalue weighted by atomic mass is 16.6. The van der Waals surface area contributed by atoms with Gasteiger partial charge in [-0.05, 0) is 74.2 Å². The van der Waals surface area contributed by atoms with Gasteiger partial charge in [0.1, 0.15) is 5.60 Å². The van der Waals surface area contributed by atoms with Gasteiger partial charge in [0.15, 0.2) is 5.82 Å². The molecule has 0 spiro atoms. The lowest BCUT2D eigenvalue weighted by atomic mass is 9.86. The molecule has 0 aliphatic rings. The Morgan fingerprint density at radius 2 is 1.49 bits per heavy atom. The van der Waals surface area contributed by atoms with Gasteiger partial charge in [-0.1, -0.05) is 45.0 Å². The van der Waals surface area contributed by atoms with Crippen LogP contribution in [-0.2, 0) is 16.8 Å². The minimum Gasteiger partial charge on any atom is -0.444 e. The molecule has 6 N–H and O–H groups in total. The molecular weight excluding hydrogens is 546 g/mol. The number of carbonyl (C=O) groups excluding carboxylic acids is 2. The van der Waals surface area contributed by atoms with E-state index in [1.54, 1.807) is 75.4 Å². The van der Waals surface area contributed by atoms with Crippen LogP contribution in [0.5, 0.6) is 0 Å². The van der Waals surface area contributed by atoms with Crippen molar-refractivity contribution in [2.75, 3.05) is 21.7 Å². The van der Waals surface area contributed by atoms with Gasteiger partial charge in [-0.3, -0.25) is 10.1 Å². The molecule has 2 amide bonds. The number of nitrogens with two attached hydrogens (primary N) is 1. The number of aliphatic hydroxyl groups excluding tert-OH is 1. The number of aliphatic hydroxyl groups is 1. The molecule has 43 heavy (non-hydrogen) atoms. The topological polar surface area (TPSA) is 164 Å². The van der Waals surface area contributed by atoms with Crippen LogP contribution in [0, 0.1) is 0 Å². The highest BCUT2D eigenvalue weighted by molar-refractivity contribution is 6.05. The number of carbonyl (C=O) groups is 2. The van der Waals surface area contributed by atoms with E-state index in [2.05, 4.69) is 51.7 Å². The van der Waals surface area contributed by atoms with Crippen LogP contribution in [-0.4, -0.2) is 37.7 Å². The molecule has 11 heteroatoms. The van der Waals surface area contributed by atoms with Gasteiger partial charge in [0, 0.05) is 33.8 Å². The fourth-order valence-electron chi connectivity index (χ4n) is 4.16. The molecule has 3 aromatic carbocycles. The zero-order chi connectivity index (χ0) is 31.4. The number of ether oxygens (including phenoxy) is 1. The van der Waals surface area contributed by atoms with Crippen LogP contribution in [0.1, 0.15) is 63.0 Å². The van der Waals surface area contributed by atoms with Crippen LogP contribution in [0.3, 0.4) is 0 Å². The van der Waals surface area contributed by atoms with Crippen molar-refractivity contribution in [3.63, 3.8) is 0 Å². The Labute approximate surface area is 250 Å². The molecule has 0 atom stereocenters. The molecule has 11 nitrogen and oxygen atoms in total. The van der Waals surface area contributed by atoms with E-state index in [9.17, 15) is 14.7 Å². The third kappa shape index (κ3) is 8.26. The summed E-state index contributed by atoms with van der Waals surface area (Å²) in [5.41, 5.74) is 9.49. The van der Waals surface area contributed by atoms with Gasteiger partial charge >= 0.3 is 6.09 Å². The molecule has 0 saturated heterocycles. The molecule has 0 bridgehead atoms. The first-order chi connectivity index (χ1) is 20.2. The number of benzene rings is 3. The van der Waals surface area contributed by atoms with Crippen LogP contribution >= 0.6 is 0 Å². The van der Waals surface area contributed by atoms with Crippen LogP contribution in [0.2, 0.25) is 0 Å². The Morgan fingerprint density at radius 1 is 0.837 bits per heavy atom. The van der Waals surface area contributed by atoms with Crippen molar-refractivity contribution < 1.29 is 19.4 Å². The average Bonchev–Trinajstić information content (AvgIpc) is 2.92. The molecule has 0 unspecified atom stereocenters. The first-order valence-electron chi connectivity index (χ1n) is 13.8. The summed E-state index contributed by atoms with van der Waals surface area (Å²) in [4.78, 5) is 38.0. The van der Waals surface area contributed by atoms with Gasteiger partial charge in [0.25, 0.3) is 5.91 Å². The van der Waals surface area contributed by atoms with E-state index in [0.717, 1.165) is 5.56 Å². The third-order valence-electron chi connectivity index (χ3n) is 6.28. The minimum atomic E-state index is -0.610. The van der Waals surface area contributed by atoms with Crippen molar-refractivity contribution in [3.05, 3.63) is 83.4 Å². The smallest absolute Gasteiger partial charge is 0.412 e. The first-order valence-corrected chi connectivity index (χ1v) is 13.8. The van der Waals surface area contributed by atoms with E-state index in [1.165, 1.54) is 0 Å². The summed E-state index contributed by atoms with van der Waals surface area (Å²) in [6, 6.07) is 19.5. The Kier molecular flexibility index (Phi) is 8.96. The quantitative estimate of drug-likeness (QED) is 0.169. The molecule has 224 valence electrons. The van der Waals surface area contributed by atoms with Gasteiger partial charge in [-0.15, -0.1) is 0 Å². The summed E-state index contributed by atoms with van der Waals surface area (Å²) in [7, 11) is 0. The van der Waals surface area contributed by atoms with E-state index in [1.807, 2.05) is 12.1 Å². The minimum absolute atomic E-state index is 0.0318. The SMILES string of the molecule is CC(C)(C)OC(=O)Nc1ccc(Nc2nc(N)nc(-c3cccc(NC(=O)c4ccc(C(C)(C)C)cc4)c3CO)n2)cc1. The Morgan fingerprint density at radius 3 is 2.09 bits per heavy atom. The summed E-state index contributed by atoms with van der Waals surface area (Å²) in [5, 5.41) is 18.9. The van der Waals surface area contributed by atoms with E-state index < -0.39 is 11.7 Å². The molecule has 1 heterocycles. The van der Waals surface area contributed by atoms with E-state index in [0.29, 0.717) is 33.8 Å². The van der Waals surface area contributed by atoms with Crippen molar-refractivity contribution in [1.29, 1.82) is 0 Å². The maximum absolute atomic E-state index is 13.1. The highest BCUT2D eigenvalue weighted by Crippen LogP contribution is 2.30. The third-order valence-corrected chi connectivity index (χ3v) is 6.28. The molecule has 1 aromatic heterocycles. The van der Waals surface area contributed by atoms with Crippen LogP contribution in [0.25, 0.3) is 11.4 Å². The molecule has 4 rings (SSSR count). The number of hydrogen-bond acceptors (Lipinski definition) is 9. The molecule has 0 radical (unpaired) electrons. The van der Waals surface area contributed by atoms with Gasteiger partial charge in [-0.2, -0.15) is 15.0 Å². The number of hydrogen-bond donors (Lipinski definition) is 5. The van der Waals surface area contributed by atoms with E-state index >= 15 is 0 Å². The maximum atomic E-state index is 13.1. The van der Waals surface area contributed by atoms with E-state index in [4.69, 9.17) is 10.5 Å². The predicted molar refractivity (Wildman–Crippen MR) is 168 cm³/mol. The lowest BCUT2D eigenvalue weighted by Crippen LogP contribution is -2.27. The number of aromatic nitrogens is 3.